The Morgan fingerprint density at radius 3 is 2.09 bits per heavy atom. The summed E-state index contributed by atoms with van der Waals surface area (Å²) in [4.78, 5) is 56.0. The van der Waals surface area contributed by atoms with E-state index in [1.165, 1.54) is 6.07 Å². The van der Waals surface area contributed by atoms with Crippen LogP contribution in [-0.4, -0.2) is 29.0 Å². The SMILES string of the molecule is Cc1ccc([C@@H]2OC3(C(=O)c4ccccc4C3=O)[C@@H]3C(=O)N(c4cccc(Cl)c4)C(=O)[C@H]32)cc1. The average Bonchev–Trinajstić information content (AvgIpc) is 3.40. The van der Waals surface area contributed by atoms with E-state index in [9.17, 15) is 19.2 Å². The number of rotatable bonds is 2. The highest BCUT2D eigenvalue weighted by atomic mass is 35.5. The van der Waals surface area contributed by atoms with Gasteiger partial charge in [0.25, 0.3) is 0 Å². The lowest BCUT2D eigenvalue weighted by Gasteiger charge is -2.27. The van der Waals surface area contributed by atoms with Crippen molar-refractivity contribution in [1.29, 1.82) is 0 Å². The number of nitrogens with zero attached hydrogens (tertiary/aromatic N) is 1. The first kappa shape index (κ1) is 21.0. The lowest BCUT2D eigenvalue weighted by molar-refractivity contribution is -0.127. The molecule has 3 aromatic rings. The number of carbonyl (C=O) groups excluding carboxylic acids is 4. The Hall–Kier alpha value is -3.61. The van der Waals surface area contributed by atoms with Crippen LogP contribution in [0.3, 0.4) is 0 Å². The molecule has 0 bridgehead atoms. The zero-order valence-corrected chi connectivity index (χ0v) is 18.8. The van der Waals surface area contributed by atoms with Crippen LogP contribution >= 0.6 is 11.6 Å². The van der Waals surface area contributed by atoms with E-state index in [0.29, 0.717) is 16.3 Å². The maximum atomic E-state index is 13.8. The maximum Gasteiger partial charge on any atom is 0.241 e. The summed E-state index contributed by atoms with van der Waals surface area (Å²) in [6.07, 6.45) is -0.937. The predicted molar refractivity (Wildman–Crippen MR) is 124 cm³/mol. The van der Waals surface area contributed by atoms with Crippen molar-refractivity contribution in [2.75, 3.05) is 4.90 Å². The van der Waals surface area contributed by atoms with Crippen LogP contribution in [0.2, 0.25) is 5.02 Å². The lowest BCUT2D eigenvalue weighted by Crippen LogP contribution is -2.51. The van der Waals surface area contributed by atoms with Gasteiger partial charge in [0.2, 0.25) is 29.0 Å². The van der Waals surface area contributed by atoms with Gasteiger partial charge < -0.3 is 4.74 Å². The van der Waals surface area contributed by atoms with Crippen LogP contribution in [0.25, 0.3) is 0 Å². The third-order valence-electron chi connectivity index (χ3n) is 6.99. The van der Waals surface area contributed by atoms with E-state index >= 15 is 0 Å². The highest BCUT2D eigenvalue weighted by Crippen LogP contribution is 2.57. The van der Waals surface area contributed by atoms with Crippen molar-refractivity contribution in [2.24, 2.45) is 11.8 Å². The van der Waals surface area contributed by atoms with Gasteiger partial charge in [0.05, 0.1) is 23.6 Å². The van der Waals surface area contributed by atoms with Gasteiger partial charge in [-0.3, -0.25) is 19.2 Å². The molecule has 0 aromatic heterocycles. The highest BCUT2D eigenvalue weighted by molar-refractivity contribution is 6.37. The molecule has 3 aromatic carbocycles. The molecule has 1 aliphatic carbocycles. The zero-order valence-electron chi connectivity index (χ0n) is 18.0. The summed E-state index contributed by atoms with van der Waals surface area (Å²) in [6.45, 7) is 1.93. The van der Waals surface area contributed by atoms with Crippen LogP contribution < -0.4 is 4.90 Å². The third kappa shape index (κ3) is 2.61. The molecule has 0 unspecified atom stereocenters. The molecule has 2 amide bonds. The van der Waals surface area contributed by atoms with Gasteiger partial charge in [-0.1, -0.05) is 71.8 Å². The minimum absolute atomic E-state index is 0.206. The fourth-order valence-electron chi connectivity index (χ4n) is 5.44. The zero-order chi connectivity index (χ0) is 23.8. The number of fused-ring (bicyclic) bond motifs is 3. The van der Waals surface area contributed by atoms with Gasteiger partial charge in [0, 0.05) is 16.1 Å². The second kappa shape index (κ2) is 7.19. The number of amides is 2. The average molecular weight is 472 g/mol. The van der Waals surface area contributed by atoms with Crippen molar-refractivity contribution in [3.8, 4) is 0 Å². The van der Waals surface area contributed by atoms with Gasteiger partial charge in [-0.15, -0.1) is 0 Å². The van der Waals surface area contributed by atoms with Gasteiger partial charge >= 0.3 is 0 Å². The van der Waals surface area contributed by atoms with E-state index in [0.717, 1.165) is 10.5 Å². The molecule has 3 aliphatic rings. The van der Waals surface area contributed by atoms with E-state index in [4.69, 9.17) is 16.3 Å². The van der Waals surface area contributed by atoms with Crippen LogP contribution in [0.5, 0.6) is 0 Å². The predicted octanol–water partition coefficient (Wildman–Crippen LogP) is 4.34. The molecule has 2 heterocycles. The number of anilines is 1. The summed E-state index contributed by atoms with van der Waals surface area (Å²) >= 11 is 6.12. The molecule has 34 heavy (non-hydrogen) atoms. The summed E-state index contributed by atoms with van der Waals surface area (Å²) < 4.78 is 6.27. The summed E-state index contributed by atoms with van der Waals surface area (Å²) in [5, 5.41) is 0.358. The molecule has 0 saturated carbocycles. The number of ketones is 2. The van der Waals surface area contributed by atoms with Crippen molar-refractivity contribution < 1.29 is 23.9 Å². The fraction of sp³-hybridized carbons (Fsp3) is 0.185. The van der Waals surface area contributed by atoms with Crippen LogP contribution in [0.4, 0.5) is 5.69 Å². The Balaban J connectivity index is 1.55. The van der Waals surface area contributed by atoms with Crippen LogP contribution in [0.1, 0.15) is 37.9 Å². The molecular weight excluding hydrogens is 454 g/mol. The quantitative estimate of drug-likeness (QED) is 0.410. The summed E-state index contributed by atoms with van der Waals surface area (Å²) in [5.74, 6) is -4.62. The number of hydrogen-bond acceptors (Lipinski definition) is 5. The first-order chi connectivity index (χ1) is 16.3. The molecule has 2 fully saturated rings. The normalized spacial score (nSPS) is 24.8. The standard InChI is InChI=1S/C27H18ClNO5/c1-14-9-11-15(12-10-14)22-20-21(26(33)29(25(20)32)17-6-4-5-16(28)13-17)27(34-22)23(30)18-7-2-3-8-19(18)24(27)31/h2-13,20-22H,1H3/t20-,21+,22+/m1/s1. The number of carbonyl (C=O) groups is 4. The van der Waals surface area contributed by atoms with Crippen molar-refractivity contribution in [3.63, 3.8) is 0 Å². The summed E-state index contributed by atoms with van der Waals surface area (Å²) in [7, 11) is 0. The van der Waals surface area contributed by atoms with Crippen molar-refractivity contribution in [1.82, 2.24) is 0 Å². The van der Waals surface area contributed by atoms with Crippen LogP contribution in [-0.2, 0) is 14.3 Å². The van der Waals surface area contributed by atoms with Gasteiger partial charge in [0.1, 0.15) is 0 Å². The monoisotopic (exact) mass is 471 g/mol. The van der Waals surface area contributed by atoms with Gasteiger partial charge in [-0.2, -0.15) is 0 Å². The molecule has 7 heteroatoms. The lowest BCUT2D eigenvalue weighted by atomic mass is 9.77. The van der Waals surface area contributed by atoms with Gasteiger partial charge in [-0.25, -0.2) is 4.90 Å². The Bertz CT molecular complexity index is 1380. The van der Waals surface area contributed by atoms with Gasteiger partial charge in [0.15, 0.2) is 0 Å². The highest BCUT2D eigenvalue weighted by Gasteiger charge is 2.74. The molecular formula is C27H18ClNO5. The van der Waals surface area contributed by atoms with Crippen LogP contribution in [0.15, 0.2) is 72.8 Å². The molecule has 6 rings (SSSR count). The largest absolute Gasteiger partial charge is 0.349 e. The molecule has 0 N–H and O–H groups in total. The van der Waals surface area contributed by atoms with E-state index < -0.39 is 46.9 Å². The molecule has 168 valence electrons. The Morgan fingerprint density at radius 1 is 0.824 bits per heavy atom. The number of benzene rings is 3. The number of Topliss-reactive ketones (excluding diaryl/α,β-unsaturated/α-hetero) is 2. The maximum absolute atomic E-state index is 13.8. The number of ether oxygens (including phenoxy) is 1. The molecule has 6 nitrogen and oxygen atoms in total. The topological polar surface area (TPSA) is 80.8 Å². The van der Waals surface area contributed by atoms with Crippen molar-refractivity contribution in [3.05, 3.63) is 100 Å². The number of halogens is 1. The van der Waals surface area contributed by atoms with Crippen molar-refractivity contribution in [2.45, 2.75) is 18.6 Å². The van der Waals surface area contributed by atoms with Crippen LogP contribution in [0, 0.1) is 18.8 Å². The first-order valence-electron chi connectivity index (χ1n) is 10.9. The van der Waals surface area contributed by atoms with E-state index in [2.05, 4.69) is 0 Å². The fourth-order valence-corrected chi connectivity index (χ4v) is 5.63. The van der Waals surface area contributed by atoms with Gasteiger partial charge in [-0.05, 0) is 30.7 Å². The smallest absolute Gasteiger partial charge is 0.241 e. The minimum Gasteiger partial charge on any atom is -0.349 e. The Morgan fingerprint density at radius 2 is 1.47 bits per heavy atom. The first-order valence-corrected chi connectivity index (χ1v) is 11.3. The minimum atomic E-state index is -2.08. The molecule has 2 aliphatic heterocycles. The van der Waals surface area contributed by atoms with E-state index in [-0.39, 0.29) is 11.1 Å². The third-order valence-corrected chi connectivity index (χ3v) is 7.23. The summed E-state index contributed by atoms with van der Waals surface area (Å²) in [5.41, 5.74) is 0.259. The molecule has 1 spiro atoms. The Labute approximate surface area is 200 Å². The molecule has 2 saturated heterocycles. The second-order valence-electron chi connectivity index (χ2n) is 8.88. The van der Waals surface area contributed by atoms with E-state index in [1.54, 1.807) is 54.6 Å². The molecule has 0 radical (unpaired) electrons. The number of imide groups is 1. The second-order valence-corrected chi connectivity index (χ2v) is 9.32. The molecule has 3 atom stereocenters. The van der Waals surface area contributed by atoms with E-state index in [1.807, 2.05) is 19.1 Å². The number of hydrogen-bond donors (Lipinski definition) is 0. The number of aryl methyl sites for hydroxylation is 1. The van der Waals surface area contributed by atoms with Crippen molar-refractivity contribution >= 4 is 40.7 Å². The summed E-state index contributed by atoms with van der Waals surface area (Å²) in [6, 6.07) is 20.1. The Kier molecular flexibility index (Phi) is 4.43.